The van der Waals surface area contributed by atoms with E-state index >= 15 is 0 Å². The summed E-state index contributed by atoms with van der Waals surface area (Å²) in [5.41, 5.74) is 2.09. The molecule has 0 aliphatic carbocycles. The first-order chi connectivity index (χ1) is 11.1. The summed E-state index contributed by atoms with van der Waals surface area (Å²) in [7, 11) is 1.64. The van der Waals surface area contributed by atoms with Crippen molar-refractivity contribution in [3.05, 3.63) is 35.9 Å². The van der Waals surface area contributed by atoms with Crippen molar-refractivity contribution in [1.29, 1.82) is 0 Å². The summed E-state index contributed by atoms with van der Waals surface area (Å²) in [5, 5.41) is 11.8. The van der Waals surface area contributed by atoms with Gasteiger partial charge in [0.1, 0.15) is 11.6 Å². The average Bonchev–Trinajstić information content (AvgIpc) is 2.57. The van der Waals surface area contributed by atoms with Crippen molar-refractivity contribution >= 4 is 17.4 Å². The maximum absolute atomic E-state index is 14.5. The third-order valence-electron chi connectivity index (χ3n) is 3.84. The number of amides is 1. The van der Waals surface area contributed by atoms with E-state index in [-0.39, 0.29) is 18.1 Å². The summed E-state index contributed by atoms with van der Waals surface area (Å²) in [6.45, 7) is 0.282. The van der Waals surface area contributed by atoms with Crippen LogP contribution in [0.2, 0.25) is 0 Å². The van der Waals surface area contributed by atoms with Crippen LogP contribution in [0.4, 0.5) is 15.9 Å². The first kappa shape index (κ1) is 15.4. The van der Waals surface area contributed by atoms with E-state index in [0.717, 1.165) is 5.56 Å². The van der Waals surface area contributed by atoms with Crippen LogP contribution >= 0.6 is 0 Å². The summed E-state index contributed by atoms with van der Waals surface area (Å²) in [5.74, 6) is -0.0517. The Hall–Kier alpha value is -2.54. The molecule has 0 radical (unpaired) electrons. The number of aliphatic hydroxyl groups is 1. The molecule has 6 nitrogen and oxygen atoms in total. The first-order valence-electron chi connectivity index (χ1n) is 7.37. The SMILES string of the molecule is CN1C(=O)CCc2ccc(F)c(-c3cncc(NCCO)n3)c21. The van der Waals surface area contributed by atoms with Crippen LogP contribution in [0.15, 0.2) is 24.5 Å². The lowest BCUT2D eigenvalue weighted by Gasteiger charge is -2.28. The van der Waals surface area contributed by atoms with E-state index in [1.54, 1.807) is 13.1 Å². The van der Waals surface area contributed by atoms with Crippen LogP contribution < -0.4 is 10.2 Å². The molecule has 2 N–H and O–H groups in total. The lowest BCUT2D eigenvalue weighted by Crippen LogP contribution is -2.32. The molecular formula is C16H17FN4O2. The van der Waals surface area contributed by atoms with E-state index in [1.165, 1.54) is 23.4 Å². The van der Waals surface area contributed by atoms with E-state index in [0.29, 0.717) is 36.6 Å². The lowest BCUT2D eigenvalue weighted by atomic mass is 9.96. The van der Waals surface area contributed by atoms with Crippen molar-refractivity contribution < 1.29 is 14.3 Å². The molecule has 0 fully saturated rings. The molecule has 23 heavy (non-hydrogen) atoms. The molecule has 3 rings (SSSR count). The number of benzene rings is 1. The standard InChI is InChI=1S/C16H17FN4O2/c1-21-14(23)5-3-10-2-4-11(17)15(16(10)21)12-8-18-9-13(20-12)19-6-7-22/h2,4,8-9,22H,3,5-7H2,1H3,(H,19,20). The van der Waals surface area contributed by atoms with E-state index < -0.39 is 5.82 Å². The minimum absolute atomic E-state index is 0.0434. The number of aryl methyl sites for hydroxylation is 1. The van der Waals surface area contributed by atoms with Crippen molar-refractivity contribution in [2.24, 2.45) is 0 Å². The largest absolute Gasteiger partial charge is 0.395 e. The zero-order chi connectivity index (χ0) is 16.4. The Labute approximate surface area is 133 Å². The number of hydrogen-bond acceptors (Lipinski definition) is 5. The molecule has 2 heterocycles. The smallest absolute Gasteiger partial charge is 0.227 e. The number of rotatable bonds is 4. The van der Waals surface area contributed by atoms with Crippen LogP contribution in [-0.2, 0) is 11.2 Å². The Morgan fingerprint density at radius 1 is 1.35 bits per heavy atom. The van der Waals surface area contributed by atoms with Gasteiger partial charge in [-0.05, 0) is 18.1 Å². The van der Waals surface area contributed by atoms with Crippen molar-refractivity contribution in [2.75, 3.05) is 30.4 Å². The highest BCUT2D eigenvalue weighted by Gasteiger charge is 2.27. The van der Waals surface area contributed by atoms with Crippen LogP contribution in [0.5, 0.6) is 0 Å². The highest BCUT2D eigenvalue weighted by atomic mass is 19.1. The maximum Gasteiger partial charge on any atom is 0.227 e. The number of aromatic nitrogens is 2. The molecule has 1 aromatic carbocycles. The third kappa shape index (κ3) is 2.87. The molecule has 1 aliphatic rings. The summed E-state index contributed by atoms with van der Waals surface area (Å²) < 4.78 is 14.5. The van der Waals surface area contributed by atoms with E-state index in [1.807, 2.05) is 0 Å². The van der Waals surface area contributed by atoms with Gasteiger partial charge in [0.05, 0.1) is 35.9 Å². The fourth-order valence-electron chi connectivity index (χ4n) is 2.73. The summed E-state index contributed by atoms with van der Waals surface area (Å²) in [6, 6.07) is 3.10. The maximum atomic E-state index is 14.5. The van der Waals surface area contributed by atoms with Crippen LogP contribution in [0.25, 0.3) is 11.3 Å². The molecule has 0 bridgehead atoms. The quantitative estimate of drug-likeness (QED) is 0.896. The van der Waals surface area contributed by atoms with Crippen LogP contribution in [0.1, 0.15) is 12.0 Å². The molecule has 1 amide bonds. The topological polar surface area (TPSA) is 78.4 Å². The summed E-state index contributed by atoms with van der Waals surface area (Å²) in [4.78, 5) is 21.9. The summed E-state index contributed by atoms with van der Waals surface area (Å²) in [6.07, 6.45) is 3.97. The number of nitrogens with zero attached hydrogens (tertiary/aromatic N) is 3. The summed E-state index contributed by atoms with van der Waals surface area (Å²) >= 11 is 0. The lowest BCUT2D eigenvalue weighted by molar-refractivity contribution is -0.118. The van der Waals surface area contributed by atoms with Gasteiger partial charge in [0.2, 0.25) is 5.91 Å². The first-order valence-corrected chi connectivity index (χ1v) is 7.37. The van der Waals surface area contributed by atoms with Gasteiger partial charge in [0.15, 0.2) is 0 Å². The number of carbonyl (C=O) groups excluding carboxylic acids is 1. The Balaban J connectivity index is 2.11. The van der Waals surface area contributed by atoms with Gasteiger partial charge in [-0.2, -0.15) is 0 Å². The Morgan fingerprint density at radius 3 is 2.96 bits per heavy atom. The number of aliphatic hydroxyl groups excluding tert-OH is 1. The fourth-order valence-corrected chi connectivity index (χ4v) is 2.73. The Bertz CT molecular complexity index is 751. The number of fused-ring (bicyclic) bond motifs is 1. The van der Waals surface area contributed by atoms with Gasteiger partial charge in [0.25, 0.3) is 0 Å². The zero-order valence-corrected chi connectivity index (χ0v) is 12.7. The second kappa shape index (κ2) is 6.29. The monoisotopic (exact) mass is 316 g/mol. The van der Waals surface area contributed by atoms with Gasteiger partial charge in [-0.1, -0.05) is 6.07 Å². The highest BCUT2D eigenvalue weighted by Crippen LogP contribution is 2.38. The molecule has 0 unspecified atom stereocenters. The predicted octanol–water partition coefficient (Wildman–Crippen LogP) is 1.60. The number of carbonyl (C=O) groups is 1. The molecule has 0 atom stereocenters. The Morgan fingerprint density at radius 2 is 2.17 bits per heavy atom. The van der Waals surface area contributed by atoms with Gasteiger partial charge in [-0.3, -0.25) is 9.78 Å². The zero-order valence-electron chi connectivity index (χ0n) is 12.7. The Kier molecular flexibility index (Phi) is 4.20. The van der Waals surface area contributed by atoms with Gasteiger partial charge >= 0.3 is 0 Å². The van der Waals surface area contributed by atoms with Gasteiger partial charge in [0, 0.05) is 20.0 Å². The third-order valence-corrected chi connectivity index (χ3v) is 3.84. The second-order valence-electron chi connectivity index (χ2n) is 5.32. The highest BCUT2D eigenvalue weighted by molar-refractivity contribution is 6.00. The van der Waals surface area contributed by atoms with Crippen molar-refractivity contribution in [3.63, 3.8) is 0 Å². The average molecular weight is 316 g/mol. The minimum Gasteiger partial charge on any atom is -0.395 e. The molecule has 120 valence electrons. The van der Waals surface area contributed by atoms with E-state index in [4.69, 9.17) is 5.11 Å². The van der Waals surface area contributed by atoms with Gasteiger partial charge in [-0.25, -0.2) is 9.37 Å². The van der Waals surface area contributed by atoms with Crippen molar-refractivity contribution in [2.45, 2.75) is 12.8 Å². The number of anilines is 2. The van der Waals surface area contributed by atoms with Gasteiger partial charge < -0.3 is 15.3 Å². The fraction of sp³-hybridized carbons (Fsp3) is 0.312. The van der Waals surface area contributed by atoms with Crippen LogP contribution in [0.3, 0.4) is 0 Å². The van der Waals surface area contributed by atoms with Crippen molar-refractivity contribution in [3.8, 4) is 11.3 Å². The molecule has 7 heteroatoms. The predicted molar refractivity (Wildman–Crippen MR) is 84.7 cm³/mol. The number of halogens is 1. The molecule has 1 aromatic heterocycles. The number of nitrogens with one attached hydrogen (secondary N) is 1. The van der Waals surface area contributed by atoms with Crippen LogP contribution in [-0.4, -0.2) is 41.2 Å². The van der Waals surface area contributed by atoms with Crippen LogP contribution in [0, 0.1) is 5.82 Å². The van der Waals surface area contributed by atoms with Gasteiger partial charge in [-0.15, -0.1) is 0 Å². The van der Waals surface area contributed by atoms with E-state index in [9.17, 15) is 9.18 Å². The molecule has 0 saturated carbocycles. The normalized spacial score (nSPS) is 13.9. The molecule has 0 saturated heterocycles. The second-order valence-corrected chi connectivity index (χ2v) is 5.32. The number of hydrogen-bond donors (Lipinski definition) is 2. The molecule has 2 aromatic rings. The molecular weight excluding hydrogens is 299 g/mol. The molecule has 0 spiro atoms. The van der Waals surface area contributed by atoms with E-state index in [2.05, 4.69) is 15.3 Å². The minimum atomic E-state index is -0.445. The molecule has 1 aliphatic heterocycles. The van der Waals surface area contributed by atoms with Crippen molar-refractivity contribution in [1.82, 2.24) is 9.97 Å².